The summed E-state index contributed by atoms with van der Waals surface area (Å²) in [5.41, 5.74) is 6.37. The van der Waals surface area contributed by atoms with Crippen molar-refractivity contribution in [3.8, 4) is 0 Å². The molecule has 4 nitrogen and oxygen atoms in total. The molecule has 0 spiro atoms. The maximum absolute atomic E-state index is 13.6. The van der Waals surface area contributed by atoms with Crippen LogP contribution in [0.15, 0.2) is 36.4 Å². The van der Waals surface area contributed by atoms with Crippen molar-refractivity contribution in [1.82, 2.24) is 0 Å². The van der Waals surface area contributed by atoms with E-state index in [0.717, 1.165) is 75.3 Å². The summed E-state index contributed by atoms with van der Waals surface area (Å²) in [4.78, 5) is 27.1. The Kier molecular flexibility index (Phi) is 14.0. The Labute approximate surface area is 274 Å². The molecule has 45 heavy (non-hydrogen) atoms. The highest BCUT2D eigenvalue weighted by Crippen LogP contribution is 2.39. The summed E-state index contributed by atoms with van der Waals surface area (Å²) in [5, 5.41) is 0. The lowest BCUT2D eigenvalue weighted by atomic mass is 9.80. The first-order valence-electron chi connectivity index (χ1n) is 18.6. The molecule has 248 valence electrons. The molecule has 4 heteroatoms. The van der Waals surface area contributed by atoms with Gasteiger partial charge in [0.25, 0.3) is 0 Å². The average Bonchev–Trinajstić information content (AvgIpc) is 3.08. The standard InChI is InChI=1S/C41H60O4/c1-6-16-30(8-3)34-22-24-36(38(26-34)32-18-12-10-13-19-32)40(42)44-28-29(5)45-41(43)37-25-23-35(31(9-4)17-7-2)27-39(37)33-20-14-11-15-21-33/h22-27,29-33H,6-21,28H2,1-5H3. The van der Waals surface area contributed by atoms with Crippen LogP contribution in [0.25, 0.3) is 0 Å². The minimum absolute atomic E-state index is 0.0507. The molecular weight excluding hydrogens is 556 g/mol. The molecule has 3 atom stereocenters. The van der Waals surface area contributed by atoms with Crippen LogP contribution >= 0.6 is 0 Å². The number of esters is 2. The van der Waals surface area contributed by atoms with Crippen LogP contribution in [-0.2, 0) is 9.47 Å². The zero-order chi connectivity index (χ0) is 32.2. The molecule has 0 bridgehead atoms. The SMILES string of the molecule is CCCC(CC)c1ccc(C(=O)OCC(C)OC(=O)c2ccc(C(CC)CCC)cc2C2CCCCC2)c(C2CCCCC2)c1. The average molecular weight is 617 g/mol. The molecule has 0 N–H and O–H groups in total. The maximum atomic E-state index is 13.6. The Morgan fingerprint density at radius 1 is 0.667 bits per heavy atom. The number of carbonyl (C=O) groups is 2. The minimum Gasteiger partial charge on any atom is -0.458 e. The van der Waals surface area contributed by atoms with Crippen molar-refractivity contribution >= 4 is 11.9 Å². The van der Waals surface area contributed by atoms with E-state index in [1.807, 2.05) is 19.1 Å². The van der Waals surface area contributed by atoms with Crippen molar-refractivity contribution in [1.29, 1.82) is 0 Å². The summed E-state index contributed by atoms with van der Waals surface area (Å²) in [5.74, 6) is 1.24. The summed E-state index contributed by atoms with van der Waals surface area (Å²) in [6.45, 7) is 10.9. The summed E-state index contributed by atoms with van der Waals surface area (Å²) in [7, 11) is 0. The largest absolute Gasteiger partial charge is 0.458 e. The molecule has 0 amide bonds. The lowest BCUT2D eigenvalue weighted by molar-refractivity contribution is 0.00426. The van der Waals surface area contributed by atoms with Gasteiger partial charge in [-0.15, -0.1) is 0 Å². The number of benzene rings is 2. The molecule has 2 aliphatic rings. The van der Waals surface area contributed by atoms with Gasteiger partial charge < -0.3 is 9.47 Å². The molecule has 2 aromatic rings. The maximum Gasteiger partial charge on any atom is 0.338 e. The van der Waals surface area contributed by atoms with Crippen molar-refractivity contribution in [2.75, 3.05) is 6.61 Å². The van der Waals surface area contributed by atoms with Crippen LogP contribution < -0.4 is 0 Å². The third-order valence-electron chi connectivity index (χ3n) is 10.6. The van der Waals surface area contributed by atoms with Crippen LogP contribution in [0.1, 0.15) is 204 Å². The fraction of sp³-hybridized carbons (Fsp3) is 0.659. The van der Waals surface area contributed by atoms with E-state index < -0.39 is 6.10 Å². The van der Waals surface area contributed by atoms with E-state index in [9.17, 15) is 9.59 Å². The third kappa shape index (κ3) is 9.46. The van der Waals surface area contributed by atoms with E-state index >= 15 is 0 Å². The van der Waals surface area contributed by atoms with Gasteiger partial charge in [-0.1, -0.05) is 103 Å². The molecule has 0 aliphatic heterocycles. The molecule has 0 heterocycles. The van der Waals surface area contributed by atoms with Crippen molar-refractivity contribution < 1.29 is 19.1 Å². The van der Waals surface area contributed by atoms with Gasteiger partial charge in [0.15, 0.2) is 0 Å². The summed E-state index contributed by atoms with van der Waals surface area (Å²) < 4.78 is 11.8. The lowest BCUT2D eigenvalue weighted by Crippen LogP contribution is -2.24. The summed E-state index contributed by atoms with van der Waals surface area (Å²) in [6.07, 6.45) is 18.2. The molecule has 2 saturated carbocycles. The van der Waals surface area contributed by atoms with Gasteiger partial charge in [-0.2, -0.15) is 0 Å². The highest BCUT2D eigenvalue weighted by molar-refractivity contribution is 5.92. The van der Waals surface area contributed by atoms with Crippen molar-refractivity contribution in [3.63, 3.8) is 0 Å². The summed E-state index contributed by atoms with van der Waals surface area (Å²) >= 11 is 0. The molecule has 0 aromatic heterocycles. The molecule has 3 unspecified atom stereocenters. The van der Waals surface area contributed by atoms with Crippen molar-refractivity contribution in [3.05, 3.63) is 69.8 Å². The van der Waals surface area contributed by atoms with Crippen molar-refractivity contribution in [2.24, 2.45) is 0 Å². The van der Waals surface area contributed by atoms with E-state index in [1.165, 1.54) is 49.7 Å². The van der Waals surface area contributed by atoms with Gasteiger partial charge >= 0.3 is 11.9 Å². The molecule has 2 aromatic carbocycles. The summed E-state index contributed by atoms with van der Waals surface area (Å²) in [6, 6.07) is 12.9. The molecule has 2 fully saturated rings. The zero-order valence-corrected chi connectivity index (χ0v) is 29.0. The molecule has 2 aliphatic carbocycles. The molecular formula is C41H60O4. The van der Waals surface area contributed by atoms with Crippen molar-refractivity contribution in [2.45, 2.75) is 167 Å². The number of hydrogen-bond donors (Lipinski definition) is 0. The number of carbonyl (C=O) groups excluding carboxylic acids is 2. The van der Waals surface area contributed by atoms with Gasteiger partial charge in [0.05, 0.1) is 11.1 Å². The van der Waals surface area contributed by atoms with E-state index in [0.29, 0.717) is 34.8 Å². The topological polar surface area (TPSA) is 52.6 Å². The number of rotatable bonds is 15. The smallest absolute Gasteiger partial charge is 0.338 e. The Balaban J connectivity index is 1.47. The first kappa shape index (κ1) is 35.2. The van der Waals surface area contributed by atoms with E-state index in [2.05, 4.69) is 52.0 Å². The second-order valence-electron chi connectivity index (χ2n) is 14.0. The van der Waals surface area contributed by atoms with Crippen LogP contribution in [0, 0.1) is 0 Å². The second-order valence-corrected chi connectivity index (χ2v) is 14.0. The quantitative estimate of drug-likeness (QED) is 0.187. The number of ether oxygens (including phenoxy) is 2. The van der Waals surface area contributed by atoms with Gasteiger partial charge in [0.2, 0.25) is 0 Å². The highest BCUT2D eigenvalue weighted by Gasteiger charge is 2.27. The second kappa shape index (κ2) is 17.9. The molecule has 4 rings (SSSR count). The van der Waals surface area contributed by atoms with Crippen LogP contribution in [-0.4, -0.2) is 24.6 Å². The fourth-order valence-electron chi connectivity index (χ4n) is 8.01. The van der Waals surface area contributed by atoms with Gasteiger partial charge in [-0.05, 0) is 116 Å². The van der Waals surface area contributed by atoms with E-state index in [4.69, 9.17) is 9.47 Å². The predicted molar refractivity (Wildman–Crippen MR) is 186 cm³/mol. The lowest BCUT2D eigenvalue weighted by Gasteiger charge is -2.26. The Morgan fingerprint density at radius 2 is 1.11 bits per heavy atom. The van der Waals surface area contributed by atoms with Crippen LogP contribution in [0.2, 0.25) is 0 Å². The third-order valence-corrected chi connectivity index (χ3v) is 10.6. The van der Waals surface area contributed by atoms with Crippen LogP contribution in [0.4, 0.5) is 0 Å². The number of hydrogen-bond acceptors (Lipinski definition) is 4. The Morgan fingerprint density at radius 3 is 1.53 bits per heavy atom. The van der Waals surface area contributed by atoms with Gasteiger partial charge in [0, 0.05) is 0 Å². The van der Waals surface area contributed by atoms with Crippen LogP contribution in [0.3, 0.4) is 0 Å². The van der Waals surface area contributed by atoms with Gasteiger partial charge in [0.1, 0.15) is 12.7 Å². The Hall–Kier alpha value is -2.62. The highest BCUT2D eigenvalue weighted by atomic mass is 16.6. The van der Waals surface area contributed by atoms with Gasteiger partial charge in [-0.3, -0.25) is 0 Å². The fourth-order valence-corrected chi connectivity index (χ4v) is 8.01. The normalized spacial score (nSPS) is 18.2. The Bertz CT molecular complexity index is 1220. The first-order chi connectivity index (χ1) is 21.9. The molecule has 0 saturated heterocycles. The predicted octanol–water partition coefficient (Wildman–Crippen LogP) is 11.8. The zero-order valence-electron chi connectivity index (χ0n) is 29.0. The molecule has 0 radical (unpaired) electrons. The van der Waals surface area contributed by atoms with E-state index in [-0.39, 0.29) is 18.5 Å². The van der Waals surface area contributed by atoms with E-state index in [1.54, 1.807) is 0 Å². The minimum atomic E-state index is -0.532. The van der Waals surface area contributed by atoms with Gasteiger partial charge in [-0.25, -0.2) is 9.59 Å². The first-order valence-corrected chi connectivity index (χ1v) is 18.6. The monoisotopic (exact) mass is 616 g/mol. The van der Waals surface area contributed by atoms with Crippen LogP contribution in [0.5, 0.6) is 0 Å².